The molecule has 1 rings (SSSR count). The van der Waals surface area contributed by atoms with Crippen molar-refractivity contribution in [1.82, 2.24) is 9.97 Å². The van der Waals surface area contributed by atoms with Crippen molar-refractivity contribution in [2.75, 3.05) is 30.4 Å². The van der Waals surface area contributed by atoms with Crippen molar-refractivity contribution >= 4 is 11.6 Å². The van der Waals surface area contributed by atoms with Crippen molar-refractivity contribution in [2.24, 2.45) is 5.92 Å². The predicted octanol–water partition coefficient (Wildman–Crippen LogP) is 3.90. The van der Waals surface area contributed by atoms with Gasteiger partial charge in [0.15, 0.2) is 0 Å². The van der Waals surface area contributed by atoms with Gasteiger partial charge in [-0.1, -0.05) is 34.6 Å². The lowest BCUT2D eigenvalue weighted by molar-refractivity contribution is 0.582. The Morgan fingerprint density at radius 3 is 2.45 bits per heavy atom. The Balaban J connectivity index is 2.99. The van der Waals surface area contributed by atoms with Crippen molar-refractivity contribution in [1.29, 1.82) is 0 Å². The molecule has 4 nitrogen and oxygen atoms in total. The first-order valence-electron chi connectivity index (χ1n) is 7.77. The Morgan fingerprint density at radius 1 is 1.20 bits per heavy atom. The van der Waals surface area contributed by atoms with E-state index in [0.717, 1.165) is 31.1 Å². The van der Waals surface area contributed by atoms with Gasteiger partial charge in [0.25, 0.3) is 0 Å². The summed E-state index contributed by atoms with van der Waals surface area (Å²) in [7, 11) is 2.13. The summed E-state index contributed by atoms with van der Waals surface area (Å²) in [6.45, 7) is 13.1. The van der Waals surface area contributed by atoms with Gasteiger partial charge in [-0.25, -0.2) is 9.97 Å². The Labute approximate surface area is 124 Å². The molecule has 4 heteroatoms. The van der Waals surface area contributed by atoms with Crippen molar-refractivity contribution in [3.05, 3.63) is 11.9 Å². The molecule has 0 saturated carbocycles. The van der Waals surface area contributed by atoms with Crippen LogP contribution in [0.2, 0.25) is 0 Å². The first-order valence-corrected chi connectivity index (χ1v) is 7.77. The van der Waals surface area contributed by atoms with Crippen molar-refractivity contribution in [3.63, 3.8) is 0 Å². The van der Waals surface area contributed by atoms with E-state index in [2.05, 4.69) is 61.9 Å². The Morgan fingerprint density at radius 2 is 1.90 bits per heavy atom. The highest BCUT2D eigenvalue weighted by atomic mass is 15.2. The van der Waals surface area contributed by atoms with Gasteiger partial charge in [-0.15, -0.1) is 0 Å². The Kier molecular flexibility index (Phi) is 6.76. The largest absolute Gasteiger partial charge is 0.370 e. The maximum atomic E-state index is 4.52. The molecule has 1 aromatic heterocycles. The average molecular weight is 278 g/mol. The standard InChI is InChI=1S/C16H30N4/c1-7-9-17-15-14(13(4)5)16(19-11-18-15)20(6)10-8-12(2)3/h11-13H,7-10H2,1-6H3,(H,17,18,19). The van der Waals surface area contributed by atoms with E-state index in [4.69, 9.17) is 0 Å². The van der Waals surface area contributed by atoms with E-state index in [1.165, 1.54) is 12.0 Å². The third-order valence-corrected chi connectivity index (χ3v) is 3.39. The molecule has 114 valence electrons. The molecule has 0 radical (unpaired) electrons. The lowest BCUT2D eigenvalue weighted by atomic mass is 10.0. The van der Waals surface area contributed by atoms with Crippen LogP contribution in [0.5, 0.6) is 0 Å². The molecule has 0 saturated heterocycles. The molecule has 1 heterocycles. The normalized spacial score (nSPS) is 11.2. The maximum Gasteiger partial charge on any atom is 0.137 e. The average Bonchev–Trinajstić information content (AvgIpc) is 2.41. The van der Waals surface area contributed by atoms with Crippen molar-refractivity contribution in [2.45, 2.75) is 53.4 Å². The van der Waals surface area contributed by atoms with Gasteiger partial charge in [-0.05, 0) is 24.7 Å². The van der Waals surface area contributed by atoms with Gasteiger partial charge >= 0.3 is 0 Å². The van der Waals surface area contributed by atoms with E-state index in [1.807, 2.05) is 0 Å². The van der Waals surface area contributed by atoms with Gasteiger partial charge in [0.2, 0.25) is 0 Å². The van der Waals surface area contributed by atoms with Crippen LogP contribution in [0.4, 0.5) is 11.6 Å². The van der Waals surface area contributed by atoms with Crippen LogP contribution in [0.1, 0.15) is 58.9 Å². The van der Waals surface area contributed by atoms with Crippen LogP contribution in [0, 0.1) is 5.92 Å². The minimum Gasteiger partial charge on any atom is -0.370 e. The summed E-state index contributed by atoms with van der Waals surface area (Å²) >= 11 is 0. The number of anilines is 2. The molecule has 0 aliphatic heterocycles. The first-order chi connectivity index (χ1) is 9.47. The molecule has 0 atom stereocenters. The zero-order valence-corrected chi connectivity index (χ0v) is 13.9. The van der Waals surface area contributed by atoms with Crippen molar-refractivity contribution in [3.8, 4) is 0 Å². The van der Waals surface area contributed by atoms with Crippen LogP contribution in [0.25, 0.3) is 0 Å². The fourth-order valence-corrected chi connectivity index (χ4v) is 2.16. The molecule has 0 fully saturated rings. The lowest BCUT2D eigenvalue weighted by Gasteiger charge is -2.25. The molecule has 0 unspecified atom stereocenters. The van der Waals surface area contributed by atoms with Gasteiger partial charge < -0.3 is 10.2 Å². The van der Waals surface area contributed by atoms with Crippen LogP contribution in [0.15, 0.2) is 6.33 Å². The van der Waals surface area contributed by atoms with E-state index in [0.29, 0.717) is 11.8 Å². The summed E-state index contributed by atoms with van der Waals surface area (Å²) < 4.78 is 0. The van der Waals surface area contributed by atoms with E-state index < -0.39 is 0 Å². The summed E-state index contributed by atoms with van der Waals surface area (Å²) in [6.07, 6.45) is 3.95. The third-order valence-electron chi connectivity index (χ3n) is 3.39. The highest BCUT2D eigenvalue weighted by Gasteiger charge is 2.17. The highest BCUT2D eigenvalue weighted by molar-refractivity contribution is 5.60. The molecular formula is C16H30N4. The Bertz CT molecular complexity index is 401. The highest BCUT2D eigenvalue weighted by Crippen LogP contribution is 2.30. The van der Waals surface area contributed by atoms with E-state index in [-0.39, 0.29) is 0 Å². The zero-order chi connectivity index (χ0) is 15.1. The van der Waals surface area contributed by atoms with Crippen molar-refractivity contribution < 1.29 is 0 Å². The molecule has 1 N–H and O–H groups in total. The fraction of sp³-hybridized carbons (Fsp3) is 0.750. The molecule has 0 spiro atoms. The summed E-state index contributed by atoms with van der Waals surface area (Å²) in [5, 5.41) is 3.43. The smallest absolute Gasteiger partial charge is 0.137 e. The molecule has 0 aliphatic carbocycles. The van der Waals surface area contributed by atoms with E-state index in [9.17, 15) is 0 Å². The summed E-state index contributed by atoms with van der Waals surface area (Å²) in [5.41, 5.74) is 1.23. The quantitative estimate of drug-likeness (QED) is 0.783. The summed E-state index contributed by atoms with van der Waals surface area (Å²) in [4.78, 5) is 11.2. The van der Waals surface area contributed by atoms with Gasteiger partial charge in [0.1, 0.15) is 18.0 Å². The van der Waals surface area contributed by atoms with Gasteiger partial charge in [-0.3, -0.25) is 0 Å². The van der Waals surface area contributed by atoms with Gasteiger partial charge in [0.05, 0.1) is 0 Å². The number of nitrogens with zero attached hydrogens (tertiary/aromatic N) is 3. The molecule has 0 aliphatic rings. The first kappa shape index (κ1) is 16.7. The second-order valence-corrected chi connectivity index (χ2v) is 6.15. The fourth-order valence-electron chi connectivity index (χ4n) is 2.16. The predicted molar refractivity (Wildman–Crippen MR) is 87.6 cm³/mol. The minimum atomic E-state index is 0.409. The number of rotatable bonds is 8. The van der Waals surface area contributed by atoms with E-state index in [1.54, 1.807) is 6.33 Å². The monoisotopic (exact) mass is 278 g/mol. The zero-order valence-electron chi connectivity index (χ0n) is 13.9. The summed E-state index contributed by atoms with van der Waals surface area (Å²) in [6, 6.07) is 0. The summed E-state index contributed by atoms with van der Waals surface area (Å²) in [5.74, 6) is 3.17. The second-order valence-electron chi connectivity index (χ2n) is 6.15. The van der Waals surface area contributed by atoms with Crippen LogP contribution < -0.4 is 10.2 Å². The number of nitrogens with one attached hydrogen (secondary N) is 1. The third kappa shape index (κ3) is 4.66. The Hall–Kier alpha value is -1.32. The van der Waals surface area contributed by atoms with Gasteiger partial charge in [0, 0.05) is 25.7 Å². The second kappa shape index (κ2) is 8.08. The number of aromatic nitrogens is 2. The van der Waals surface area contributed by atoms with Gasteiger partial charge in [-0.2, -0.15) is 0 Å². The molecule has 0 bridgehead atoms. The molecule has 0 aromatic carbocycles. The van der Waals surface area contributed by atoms with Crippen LogP contribution in [0.3, 0.4) is 0 Å². The molecule has 0 amide bonds. The van der Waals surface area contributed by atoms with Crippen LogP contribution >= 0.6 is 0 Å². The molecular weight excluding hydrogens is 248 g/mol. The van der Waals surface area contributed by atoms with E-state index >= 15 is 0 Å². The van der Waals surface area contributed by atoms with Crippen LogP contribution in [-0.2, 0) is 0 Å². The topological polar surface area (TPSA) is 41.1 Å². The maximum absolute atomic E-state index is 4.52. The molecule has 20 heavy (non-hydrogen) atoms. The van der Waals surface area contributed by atoms with Crippen LogP contribution in [-0.4, -0.2) is 30.1 Å². The number of hydrogen-bond acceptors (Lipinski definition) is 4. The lowest BCUT2D eigenvalue weighted by Crippen LogP contribution is -2.24. The minimum absolute atomic E-state index is 0.409. The molecule has 1 aromatic rings. The number of hydrogen-bond donors (Lipinski definition) is 1. The SMILES string of the molecule is CCCNc1ncnc(N(C)CCC(C)C)c1C(C)C.